The second-order valence-electron chi connectivity index (χ2n) is 4.92. The van der Waals surface area contributed by atoms with E-state index in [4.69, 9.17) is 0 Å². The summed E-state index contributed by atoms with van der Waals surface area (Å²) in [6, 6.07) is 0. The van der Waals surface area contributed by atoms with Crippen LogP contribution >= 0.6 is 0 Å². The molecule has 1 N–H and O–H groups in total. The first-order valence-corrected chi connectivity index (χ1v) is 6.06. The second-order valence-corrected chi connectivity index (χ2v) is 4.92. The summed E-state index contributed by atoms with van der Waals surface area (Å²) in [4.78, 5) is 25.6. The lowest BCUT2D eigenvalue weighted by Crippen LogP contribution is -2.40. The lowest BCUT2D eigenvalue weighted by molar-refractivity contribution is 0.399. The molecule has 2 rings (SSSR count). The second kappa shape index (κ2) is 4.93. The summed E-state index contributed by atoms with van der Waals surface area (Å²) >= 11 is 0. The van der Waals surface area contributed by atoms with E-state index in [1.165, 1.54) is 18.8 Å². The molecule has 1 aliphatic rings. The fourth-order valence-corrected chi connectivity index (χ4v) is 2.24. The number of nitrogens with zero attached hydrogens (tertiary/aromatic N) is 4. The summed E-state index contributed by atoms with van der Waals surface area (Å²) < 4.78 is 2.24. The third-order valence-electron chi connectivity index (χ3n) is 3.37. The van der Waals surface area contributed by atoms with Gasteiger partial charge >= 0.3 is 5.69 Å². The summed E-state index contributed by atoms with van der Waals surface area (Å²) in [5.74, 6) is 0.771. The zero-order valence-corrected chi connectivity index (χ0v) is 11.0. The van der Waals surface area contributed by atoms with Crippen molar-refractivity contribution in [2.24, 2.45) is 20.0 Å². The van der Waals surface area contributed by atoms with E-state index in [0.717, 1.165) is 24.1 Å². The van der Waals surface area contributed by atoms with Crippen molar-refractivity contribution < 1.29 is 0 Å². The van der Waals surface area contributed by atoms with E-state index in [2.05, 4.69) is 22.4 Å². The predicted octanol–water partition coefficient (Wildman–Crippen LogP) is -1.16. The molecule has 2 heterocycles. The van der Waals surface area contributed by atoms with Crippen LogP contribution in [0.5, 0.6) is 0 Å². The average molecular weight is 253 g/mol. The Morgan fingerprint density at radius 1 is 1.33 bits per heavy atom. The fourth-order valence-electron chi connectivity index (χ4n) is 2.24. The van der Waals surface area contributed by atoms with Crippen molar-refractivity contribution in [1.29, 1.82) is 0 Å². The number of rotatable bonds is 3. The molecule has 0 radical (unpaired) electrons. The van der Waals surface area contributed by atoms with Gasteiger partial charge in [0.2, 0.25) is 5.82 Å². The molecule has 1 fully saturated rings. The Labute approximate surface area is 105 Å². The summed E-state index contributed by atoms with van der Waals surface area (Å²) in [7, 11) is 5.08. The van der Waals surface area contributed by atoms with E-state index in [0.29, 0.717) is 12.5 Å². The topological polar surface area (TPSA) is 72.2 Å². The van der Waals surface area contributed by atoms with Crippen molar-refractivity contribution in [3.8, 4) is 0 Å². The van der Waals surface area contributed by atoms with Crippen molar-refractivity contribution in [2.45, 2.75) is 6.42 Å². The molecule has 0 spiro atoms. The molecule has 0 aromatic carbocycles. The maximum atomic E-state index is 11.8. The number of aromatic nitrogens is 3. The highest BCUT2D eigenvalue weighted by Crippen LogP contribution is 2.13. The normalized spacial score (nSPS) is 20.3. The Balaban J connectivity index is 2.11. The lowest BCUT2D eigenvalue weighted by Gasteiger charge is -2.12. The van der Waals surface area contributed by atoms with Crippen LogP contribution in [-0.4, -0.2) is 45.9 Å². The number of anilines is 1. The van der Waals surface area contributed by atoms with Gasteiger partial charge in [0, 0.05) is 27.2 Å². The van der Waals surface area contributed by atoms with Gasteiger partial charge in [0.1, 0.15) is 0 Å². The van der Waals surface area contributed by atoms with E-state index < -0.39 is 5.69 Å². The van der Waals surface area contributed by atoms with Gasteiger partial charge in [-0.15, -0.1) is 5.10 Å². The SMILES string of the molecule is CN1CCC(CNc2nn(C)c(=O)n(C)c2=O)C1. The third-order valence-corrected chi connectivity index (χ3v) is 3.37. The van der Waals surface area contributed by atoms with Crippen LogP contribution in [0.4, 0.5) is 5.82 Å². The van der Waals surface area contributed by atoms with Crippen molar-refractivity contribution >= 4 is 5.82 Å². The molecule has 1 saturated heterocycles. The van der Waals surface area contributed by atoms with Crippen LogP contribution in [0, 0.1) is 5.92 Å². The van der Waals surface area contributed by atoms with Crippen LogP contribution in [0.1, 0.15) is 6.42 Å². The minimum absolute atomic E-state index is 0.245. The van der Waals surface area contributed by atoms with Gasteiger partial charge in [-0.1, -0.05) is 0 Å². The number of likely N-dealkylation sites (tertiary alicyclic amines) is 1. The summed E-state index contributed by atoms with van der Waals surface area (Å²) in [6.45, 7) is 2.83. The zero-order valence-electron chi connectivity index (χ0n) is 11.0. The van der Waals surface area contributed by atoms with Crippen molar-refractivity contribution in [2.75, 3.05) is 32.0 Å². The van der Waals surface area contributed by atoms with Crippen LogP contribution in [0.2, 0.25) is 0 Å². The molecule has 0 aliphatic carbocycles. The van der Waals surface area contributed by atoms with Crippen molar-refractivity contribution in [1.82, 2.24) is 19.2 Å². The number of aryl methyl sites for hydroxylation is 1. The Bertz CT molecular complexity index is 547. The average Bonchev–Trinajstić information content (AvgIpc) is 2.75. The van der Waals surface area contributed by atoms with E-state index in [1.807, 2.05) is 0 Å². The first-order valence-electron chi connectivity index (χ1n) is 6.06. The molecule has 0 bridgehead atoms. The first kappa shape index (κ1) is 12.8. The van der Waals surface area contributed by atoms with Gasteiger partial charge in [-0.3, -0.25) is 9.36 Å². The number of nitrogens with one attached hydrogen (secondary N) is 1. The Hall–Kier alpha value is -1.63. The summed E-state index contributed by atoms with van der Waals surface area (Å²) in [6.07, 6.45) is 1.12. The molecule has 0 amide bonds. The Morgan fingerprint density at radius 3 is 2.67 bits per heavy atom. The molecule has 1 aromatic heterocycles. The van der Waals surface area contributed by atoms with Crippen LogP contribution < -0.4 is 16.6 Å². The maximum Gasteiger partial charge on any atom is 0.346 e. The number of hydrogen-bond donors (Lipinski definition) is 1. The fraction of sp³-hybridized carbons (Fsp3) is 0.727. The largest absolute Gasteiger partial charge is 0.364 e. The highest BCUT2D eigenvalue weighted by molar-refractivity contribution is 5.29. The highest BCUT2D eigenvalue weighted by atomic mass is 16.2. The molecule has 7 nitrogen and oxygen atoms in total. The van der Waals surface area contributed by atoms with Gasteiger partial charge in [-0.2, -0.15) is 0 Å². The minimum atomic E-state index is -0.411. The van der Waals surface area contributed by atoms with E-state index in [1.54, 1.807) is 0 Å². The van der Waals surface area contributed by atoms with E-state index in [9.17, 15) is 9.59 Å². The van der Waals surface area contributed by atoms with Gasteiger partial charge in [-0.25, -0.2) is 9.48 Å². The molecular formula is C11H19N5O2. The summed E-state index contributed by atoms with van der Waals surface area (Å²) in [5, 5.41) is 7.01. The Morgan fingerprint density at radius 2 is 2.06 bits per heavy atom. The summed E-state index contributed by atoms with van der Waals surface area (Å²) in [5.41, 5.74) is -0.782. The minimum Gasteiger partial charge on any atom is -0.364 e. The van der Waals surface area contributed by atoms with Gasteiger partial charge in [0.25, 0.3) is 5.56 Å². The highest BCUT2D eigenvalue weighted by Gasteiger charge is 2.19. The van der Waals surface area contributed by atoms with Crippen molar-refractivity contribution in [3.05, 3.63) is 20.8 Å². The molecule has 0 saturated carbocycles. The van der Waals surface area contributed by atoms with E-state index >= 15 is 0 Å². The zero-order chi connectivity index (χ0) is 13.3. The molecule has 7 heteroatoms. The van der Waals surface area contributed by atoms with Crippen LogP contribution in [-0.2, 0) is 14.1 Å². The monoisotopic (exact) mass is 253 g/mol. The van der Waals surface area contributed by atoms with Crippen LogP contribution in [0.3, 0.4) is 0 Å². The predicted molar refractivity (Wildman–Crippen MR) is 68.8 cm³/mol. The van der Waals surface area contributed by atoms with E-state index in [-0.39, 0.29) is 11.4 Å². The molecule has 1 aliphatic heterocycles. The molecule has 1 atom stereocenters. The maximum absolute atomic E-state index is 11.8. The number of hydrogen-bond acceptors (Lipinski definition) is 5. The van der Waals surface area contributed by atoms with Crippen LogP contribution in [0.15, 0.2) is 9.59 Å². The van der Waals surface area contributed by atoms with Crippen molar-refractivity contribution in [3.63, 3.8) is 0 Å². The standard InChI is InChI=1S/C11H19N5O2/c1-14-5-4-8(7-14)6-12-9-10(17)15(2)11(18)16(3)13-9/h8H,4-7H2,1-3H3,(H,12,13). The molecular weight excluding hydrogens is 234 g/mol. The molecule has 100 valence electrons. The van der Waals surface area contributed by atoms with Gasteiger partial charge in [0.15, 0.2) is 0 Å². The smallest absolute Gasteiger partial charge is 0.346 e. The quantitative estimate of drug-likeness (QED) is 0.736. The lowest BCUT2D eigenvalue weighted by atomic mass is 10.1. The van der Waals surface area contributed by atoms with Gasteiger partial charge in [0.05, 0.1) is 0 Å². The Kier molecular flexibility index (Phi) is 3.51. The van der Waals surface area contributed by atoms with Crippen LogP contribution in [0.25, 0.3) is 0 Å². The van der Waals surface area contributed by atoms with Gasteiger partial charge < -0.3 is 10.2 Å². The molecule has 1 unspecified atom stereocenters. The third kappa shape index (κ3) is 2.45. The van der Waals surface area contributed by atoms with Gasteiger partial charge in [-0.05, 0) is 25.9 Å². The molecule has 1 aromatic rings. The first-order chi connectivity index (χ1) is 8.49. The molecule has 18 heavy (non-hydrogen) atoms.